The highest BCUT2D eigenvalue weighted by atomic mass is 19.1. The molecule has 1 aliphatic rings. The Labute approximate surface area is 157 Å². The molecule has 0 bridgehead atoms. The number of nitrogens with one attached hydrogen (secondary N) is 2. The first kappa shape index (κ1) is 20.7. The van der Waals surface area contributed by atoms with E-state index in [4.69, 9.17) is 9.47 Å². The van der Waals surface area contributed by atoms with E-state index in [0.29, 0.717) is 12.0 Å². The van der Waals surface area contributed by atoms with Gasteiger partial charge in [0.2, 0.25) is 6.04 Å². The maximum Gasteiger partial charge on any atom is 0.408 e. The lowest BCUT2D eigenvalue weighted by molar-refractivity contribution is -0.149. The van der Waals surface area contributed by atoms with Gasteiger partial charge in [0, 0.05) is 12.0 Å². The second-order valence-electron chi connectivity index (χ2n) is 7.31. The summed E-state index contributed by atoms with van der Waals surface area (Å²) < 4.78 is 23.8. The van der Waals surface area contributed by atoms with Crippen molar-refractivity contribution in [2.75, 3.05) is 6.61 Å². The fraction of sp³-hybridized carbons (Fsp3) is 0.526. The number of ether oxygens (including phenoxy) is 2. The molecule has 1 aromatic rings. The van der Waals surface area contributed by atoms with E-state index >= 15 is 0 Å². The average Bonchev–Trinajstić information content (AvgIpc) is 3.30. The molecule has 1 aliphatic carbocycles. The molecular weight excluding hydrogens is 355 g/mol. The number of hydrogen-bond donors (Lipinski definition) is 2. The van der Waals surface area contributed by atoms with Gasteiger partial charge in [-0.2, -0.15) is 0 Å². The first-order valence-corrected chi connectivity index (χ1v) is 8.83. The largest absolute Gasteiger partial charge is 0.464 e. The van der Waals surface area contributed by atoms with Crippen LogP contribution in [0.15, 0.2) is 24.3 Å². The minimum Gasteiger partial charge on any atom is -0.464 e. The molecule has 1 fully saturated rings. The Bertz CT molecular complexity index is 716. The Morgan fingerprint density at radius 3 is 2.52 bits per heavy atom. The van der Waals surface area contributed by atoms with Crippen molar-refractivity contribution in [1.29, 1.82) is 0 Å². The molecule has 0 heterocycles. The number of amides is 2. The molecule has 1 saturated carbocycles. The van der Waals surface area contributed by atoms with Gasteiger partial charge >= 0.3 is 12.1 Å². The Balaban J connectivity index is 2.01. The van der Waals surface area contributed by atoms with Crippen LogP contribution in [0.5, 0.6) is 0 Å². The smallest absolute Gasteiger partial charge is 0.408 e. The van der Waals surface area contributed by atoms with Gasteiger partial charge in [-0.25, -0.2) is 14.0 Å². The van der Waals surface area contributed by atoms with Crippen molar-refractivity contribution in [3.63, 3.8) is 0 Å². The van der Waals surface area contributed by atoms with Crippen molar-refractivity contribution in [1.82, 2.24) is 10.6 Å². The van der Waals surface area contributed by atoms with Crippen LogP contribution >= 0.6 is 0 Å². The summed E-state index contributed by atoms with van der Waals surface area (Å²) in [5, 5.41) is 4.90. The van der Waals surface area contributed by atoms with Crippen LogP contribution in [-0.4, -0.2) is 42.3 Å². The maximum atomic E-state index is 13.8. The molecule has 2 N–H and O–H groups in total. The molecular formula is C19H25FN2O5. The second-order valence-corrected chi connectivity index (χ2v) is 7.31. The van der Waals surface area contributed by atoms with Crippen LogP contribution in [0.1, 0.15) is 45.6 Å². The Morgan fingerprint density at radius 1 is 1.26 bits per heavy atom. The number of rotatable bonds is 6. The lowest BCUT2D eigenvalue weighted by Gasteiger charge is -2.22. The van der Waals surface area contributed by atoms with E-state index in [1.54, 1.807) is 45.9 Å². The predicted octanol–water partition coefficient (Wildman–Crippen LogP) is 2.25. The van der Waals surface area contributed by atoms with Gasteiger partial charge in [-0.1, -0.05) is 18.2 Å². The number of benzene rings is 1. The lowest BCUT2D eigenvalue weighted by Crippen LogP contribution is -2.53. The molecule has 0 unspecified atom stereocenters. The average molecular weight is 380 g/mol. The summed E-state index contributed by atoms with van der Waals surface area (Å²) in [6.45, 7) is 6.63. The van der Waals surface area contributed by atoms with Gasteiger partial charge in [0.25, 0.3) is 5.91 Å². The standard InChI is InChI=1S/C19H25FN2O5/c1-5-26-17(24)15(22-18(25)27-19(2,3)4)16(23)21-14-10-12(14)11-8-6-7-9-13(11)20/h6-9,12,14-15H,5,10H2,1-4H3,(H,21,23)(H,22,25)/t12-,14-,15+/m0/s1. The third kappa shape index (κ3) is 5.94. The molecule has 0 aliphatic heterocycles. The van der Waals surface area contributed by atoms with Crippen LogP contribution in [0.3, 0.4) is 0 Å². The summed E-state index contributed by atoms with van der Waals surface area (Å²) in [6, 6.07) is 4.48. The molecule has 7 nitrogen and oxygen atoms in total. The molecule has 2 rings (SSSR count). The van der Waals surface area contributed by atoms with E-state index in [1.165, 1.54) is 6.07 Å². The van der Waals surface area contributed by atoms with Crippen molar-refractivity contribution in [2.45, 2.75) is 57.7 Å². The first-order chi connectivity index (χ1) is 12.6. The quantitative estimate of drug-likeness (QED) is 0.583. The van der Waals surface area contributed by atoms with Crippen LogP contribution in [0.4, 0.5) is 9.18 Å². The highest BCUT2D eigenvalue weighted by molar-refractivity contribution is 6.04. The van der Waals surface area contributed by atoms with E-state index in [-0.39, 0.29) is 24.4 Å². The molecule has 148 valence electrons. The molecule has 0 saturated heterocycles. The monoisotopic (exact) mass is 380 g/mol. The van der Waals surface area contributed by atoms with Gasteiger partial charge in [0.15, 0.2) is 0 Å². The van der Waals surface area contributed by atoms with E-state index in [0.717, 1.165) is 0 Å². The SMILES string of the molecule is CCOC(=O)[C@H](NC(=O)OC(C)(C)C)C(=O)N[C@H]1C[C@H]1c1ccccc1F. The summed E-state index contributed by atoms with van der Waals surface area (Å²) in [4.78, 5) is 36.5. The zero-order chi connectivity index (χ0) is 20.2. The van der Waals surface area contributed by atoms with Crippen LogP contribution < -0.4 is 10.6 Å². The highest BCUT2D eigenvalue weighted by Crippen LogP contribution is 2.41. The van der Waals surface area contributed by atoms with Crippen LogP contribution in [0, 0.1) is 5.82 Å². The predicted molar refractivity (Wildman–Crippen MR) is 95.5 cm³/mol. The molecule has 0 spiro atoms. The number of carbonyl (C=O) groups excluding carboxylic acids is 3. The molecule has 2 amide bonds. The first-order valence-electron chi connectivity index (χ1n) is 8.83. The van der Waals surface area contributed by atoms with Crippen molar-refractivity contribution in [3.8, 4) is 0 Å². The molecule has 1 aromatic carbocycles. The summed E-state index contributed by atoms with van der Waals surface area (Å²) >= 11 is 0. The number of esters is 1. The minimum atomic E-state index is -1.54. The molecule has 27 heavy (non-hydrogen) atoms. The van der Waals surface area contributed by atoms with Gasteiger partial charge < -0.3 is 14.8 Å². The normalized spacial score (nSPS) is 19.6. The van der Waals surface area contributed by atoms with Crippen molar-refractivity contribution in [3.05, 3.63) is 35.6 Å². The molecule has 0 radical (unpaired) electrons. The maximum absolute atomic E-state index is 13.8. The summed E-state index contributed by atoms with van der Waals surface area (Å²) in [5.41, 5.74) is -0.276. The number of halogens is 1. The Morgan fingerprint density at radius 2 is 1.93 bits per heavy atom. The van der Waals surface area contributed by atoms with Crippen molar-refractivity contribution in [2.24, 2.45) is 0 Å². The Kier molecular flexibility index (Phi) is 6.41. The van der Waals surface area contributed by atoms with E-state index < -0.39 is 29.6 Å². The number of hydrogen-bond acceptors (Lipinski definition) is 5. The summed E-state index contributed by atoms with van der Waals surface area (Å²) in [7, 11) is 0. The third-order valence-corrected chi connectivity index (χ3v) is 3.87. The lowest BCUT2D eigenvalue weighted by atomic mass is 10.1. The zero-order valence-electron chi connectivity index (χ0n) is 15.9. The minimum absolute atomic E-state index is 0.0554. The summed E-state index contributed by atoms with van der Waals surface area (Å²) in [5.74, 6) is -2.11. The number of alkyl carbamates (subject to hydrolysis) is 1. The van der Waals surface area contributed by atoms with Gasteiger partial charge in [-0.15, -0.1) is 0 Å². The Hall–Kier alpha value is -2.64. The third-order valence-electron chi connectivity index (χ3n) is 3.87. The van der Waals surface area contributed by atoms with Gasteiger partial charge in [0.1, 0.15) is 11.4 Å². The topological polar surface area (TPSA) is 93.7 Å². The van der Waals surface area contributed by atoms with Gasteiger partial charge in [0.05, 0.1) is 6.61 Å². The van der Waals surface area contributed by atoms with Gasteiger partial charge in [-0.05, 0) is 45.7 Å². The number of carbonyl (C=O) groups is 3. The van der Waals surface area contributed by atoms with Crippen molar-refractivity contribution < 1.29 is 28.2 Å². The van der Waals surface area contributed by atoms with Gasteiger partial charge in [-0.3, -0.25) is 10.1 Å². The van der Waals surface area contributed by atoms with Crippen LogP contribution in [-0.2, 0) is 19.1 Å². The molecule has 8 heteroatoms. The summed E-state index contributed by atoms with van der Waals surface area (Å²) in [6.07, 6.45) is -0.355. The fourth-order valence-corrected chi connectivity index (χ4v) is 2.62. The van der Waals surface area contributed by atoms with E-state index in [2.05, 4.69) is 10.6 Å². The second kappa shape index (κ2) is 8.37. The molecule has 0 aromatic heterocycles. The van der Waals surface area contributed by atoms with Crippen molar-refractivity contribution >= 4 is 18.0 Å². The van der Waals surface area contributed by atoms with Crippen LogP contribution in [0.2, 0.25) is 0 Å². The molecule has 3 atom stereocenters. The van der Waals surface area contributed by atoms with Crippen LogP contribution in [0.25, 0.3) is 0 Å². The fourth-order valence-electron chi connectivity index (χ4n) is 2.62. The van der Waals surface area contributed by atoms with E-state index in [9.17, 15) is 18.8 Å². The zero-order valence-corrected chi connectivity index (χ0v) is 15.9. The highest BCUT2D eigenvalue weighted by Gasteiger charge is 2.43. The van der Waals surface area contributed by atoms with E-state index in [1.807, 2.05) is 0 Å².